The summed E-state index contributed by atoms with van der Waals surface area (Å²) in [6.45, 7) is 0.938. The predicted molar refractivity (Wildman–Crippen MR) is 159 cm³/mol. The number of pyridine rings is 2. The summed E-state index contributed by atoms with van der Waals surface area (Å²) in [5.41, 5.74) is 1.57. The summed E-state index contributed by atoms with van der Waals surface area (Å²) in [6, 6.07) is 15.9. The second-order valence-corrected chi connectivity index (χ2v) is 13.4. The highest BCUT2D eigenvalue weighted by atomic mass is 32.2. The topological polar surface area (TPSA) is 128 Å². The molecule has 0 radical (unpaired) electrons. The lowest BCUT2D eigenvalue weighted by Crippen LogP contribution is -2.48. The van der Waals surface area contributed by atoms with E-state index >= 15 is 0 Å². The number of aromatic nitrogens is 2. The summed E-state index contributed by atoms with van der Waals surface area (Å²) in [5, 5.41) is 9.19. The van der Waals surface area contributed by atoms with Gasteiger partial charge in [-0.05, 0) is 91.3 Å². The van der Waals surface area contributed by atoms with Gasteiger partial charge in [-0.2, -0.15) is 9.57 Å². The molecule has 220 valence electrons. The highest BCUT2D eigenvalue weighted by Gasteiger charge is 2.52. The van der Waals surface area contributed by atoms with Crippen molar-refractivity contribution >= 4 is 22.2 Å². The largest absolute Gasteiger partial charge is 0.354 e. The molecule has 3 aliphatic rings. The number of rotatable bonds is 8. The maximum atomic E-state index is 13.6. The summed E-state index contributed by atoms with van der Waals surface area (Å²) < 4.78 is 26.7. The van der Waals surface area contributed by atoms with E-state index in [4.69, 9.17) is 0 Å². The number of ketones is 1. The molecule has 2 unspecified atom stereocenters. The molecule has 11 heteroatoms. The van der Waals surface area contributed by atoms with Crippen LogP contribution in [0.5, 0.6) is 0 Å². The number of nitriles is 1. The molecule has 0 spiro atoms. The first kappa shape index (κ1) is 28.7. The van der Waals surface area contributed by atoms with Crippen LogP contribution in [0.2, 0.25) is 0 Å². The second-order valence-electron chi connectivity index (χ2n) is 11.6. The van der Waals surface area contributed by atoms with E-state index in [9.17, 15) is 23.3 Å². The van der Waals surface area contributed by atoms with Crippen LogP contribution in [-0.2, 0) is 20.4 Å². The number of carbonyl (C=O) groups excluding carboxylic acids is 2. The van der Waals surface area contributed by atoms with Crippen molar-refractivity contribution in [1.82, 2.24) is 24.1 Å². The number of fused-ring (bicyclic) bond motifs is 2. The van der Waals surface area contributed by atoms with Crippen LogP contribution in [0.4, 0.5) is 0 Å². The Morgan fingerprint density at radius 2 is 1.53 bits per heavy atom. The Balaban J connectivity index is 1.43. The molecular weight excluding hydrogens is 564 g/mol. The minimum Gasteiger partial charge on any atom is -0.354 e. The van der Waals surface area contributed by atoms with Gasteiger partial charge in [0.05, 0.1) is 24.4 Å². The molecule has 2 atom stereocenters. The zero-order chi connectivity index (χ0) is 30.2. The number of nitrogens with zero attached hydrogens (tertiary/aromatic N) is 6. The standard InChI is InChI=1S/C32H32N6O4S/c1-43(41,42)38-28-6-7-29(38)17-24(16-28)20-36-21-32(26-8-12-34-13-9-26,27-10-14-35-15-11-27)37(22-39)31(36)18-30(40)25-4-2-23(19-33)3-5-25/h2-5,8-15,18,22,24,28-29H,6-7,16-17,20-21H2,1H3. The average Bonchev–Trinajstić information content (AvgIpc) is 3.49. The molecule has 1 aromatic carbocycles. The first-order valence-corrected chi connectivity index (χ1v) is 16.1. The molecule has 2 aromatic heterocycles. The lowest BCUT2D eigenvalue weighted by Gasteiger charge is -2.39. The molecule has 3 aliphatic heterocycles. The van der Waals surface area contributed by atoms with E-state index in [1.165, 1.54) is 12.3 Å². The number of allylic oxidation sites excluding steroid dienone is 1. The van der Waals surface area contributed by atoms with Gasteiger partial charge in [-0.15, -0.1) is 0 Å². The summed E-state index contributed by atoms with van der Waals surface area (Å²) in [6.07, 6.45) is 13.4. The molecule has 0 saturated carbocycles. The number of piperidine rings is 1. The maximum absolute atomic E-state index is 13.6. The van der Waals surface area contributed by atoms with Crippen molar-refractivity contribution in [1.29, 1.82) is 5.26 Å². The monoisotopic (exact) mass is 596 g/mol. The fourth-order valence-corrected chi connectivity index (χ4v) is 8.75. The van der Waals surface area contributed by atoms with Crippen molar-refractivity contribution in [3.8, 4) is 6.07 Å². The van der Waals surface area contributed by atoms with Gasteiger partial charge in [0, 0.05) is 55.1 Å². The third-order valence-corrected chi connectivity index (χ3v) is 10.4. The lowest BCUT2D eigenvalue weighted by molar-refractivity contribution is -0.119. The fourth-order valence-electron chi connectivity index (χ4n) is 7.29. The fraction of sp³-hybridized carbons (Fsp3) is 0.344. The molecule has 3 aromatic rings. The van der Waals surface area contributed by atoms with Gasteiger partial charge in [0.25, 0.3) is 0 Å². The lowest BCUT2D eigenvalue weighted by atomic mass is 9.83. The number of benzene rings is 1. The van der Waals surface area contributed by atoms with Crippen molar-refractivity contribution in [3.63, 3.8) is 0 Å². The van der Waals surface area contributed by atoms with Gasteiger partial charge < -0.3 is 4.90 Å². The van der Waals surface area contributed by atoms with Gasteiger partial charge in [-0.3, -0.25) is 24.5 Å². The van der Waals surface area contributed by atoms with Crippen LogP contribution in [0.25, 0.3) is 0 Å². The van der Waals surface area contributed by atoms with Crippen LogP contribution in [0, 0.1) is 17.2 Å². The van der Waals surface area contributed by atoms with E-state index in [-0.39, 0.29) is 23.8 Å². The first-order valence-electron chi connectivity index (χ1n) is 14.3. The van der Waals surface area contributed by atoms with E-state index in [0.717, 1.165) is 43.2 Å². The molecule has 1 amide bonds. The highest BCUT2D eigenvalue weighted by molar-refractivity contribution is 7.88. The SMILES string of the molecule is CS(=O)(=O)N1C2CCC1CC(CN1CC(c3ccncc3)(c3ccncc3)N(C=O)C1=CC(=O)c1ccc(C#N)cc1)C2. The van der Waals surface area contributed by atoms with Gasteiger partial charge in [0.2, 0.25) is 16.4 Å². The molecule has 5 heterocycles. The van der Waals surface area contributed by atoms with E-state index in [0.29, 0.717) is 30.0 Å². The number of hydrogen-bond donors (Lipinski definition) is 0. The Labute approximate surface area is 251 Å². The van der Waals surface area contributed by atoms with E-state index in [1.54, 1.807) is 58.3 Å². The molecule has 43 heavy (non-hydrogen) atoms. The van der Waals surface area contributed by atoms with Crippen LogP contribution < -0.4 is 0 Å². The van der Waals surface area contributed by atoms with Gasteiger partial charge in [0.15, 0.2) is 5.78 Å². The van der Waals surface area contributed by atoms with Crippen LogP contribution >= 0.6 is 0 Å². The second kappa shape index (κ2) is 11.4. The number of carbonyl (C=O) groups is 2. The third-order valence-electron chi connectivity index (χ3n) is 9.01. The van der Waals surface area contributed by atoms with Crippen molar-refractivity contribution in [2.75, 3.05) is 19.3 Å². The quantitative estimate of drug-likeness (QED) is 0.220. The minimum atomic E-state index is -3.30. The smallest absolute Gasteiger partial charge is 0.216 e. The van der Waals surface area contributed by atoms with Crippen LogP contribution in [0.15, 0.2) is 85.2 Å². The van der Waals surface area contributed by atoms with Crippen molar-refractivity contribution in [3.05, 3.63) is 107 Å². The van der Waals surface area contributed by atoms with Gasteiger partial charge in [0.1, 0.15) is 11.4 Å². The molecule has 10 nitrogen and oxygen atoms in total. The van der Waals surface area contributed by atoms with Crippen molar-refractivity contribution < 1.29 is 18.0 Å². The number of amides is 1. The van der Waals surface area contributed by atoms with E-state index in [2.05, 4.69) is 20.9 Å². The minimum absolute atomic E-state index is 0.0404. The van der Waals surface area contributed by atoms with Crippen LogP contribution in [0.1, 0.15) is 52.7 Å². The molecular formula is C32H32N6O4S. The molecule has 6 rings (SSSR count). The molecule has 3 saturated heterocycles. The Bertz CT molecular complexity index is 1640. The van der Waals surface area contributed by atoms with E-state index in [1.807, 2.05) is 24.3 Å². The zero-order valence-electron chi connectivity index (χ0n) is 23.8. The van der Waals surface area contributed by atoms with Gasteiger partial charge in [-0.25, -0.2) is 8.42 Å². The van der Waals surface area contributed by atoms with Gasteiger partial charge in [-0.1, -0.05) is 0 Å². The van der Waals surface area contributed by atoms with Crippen LogP contribution in [-0.4, -0.2) is 76.1 Å². The Morgan fingerprint density at radius 3 is 2.02 bits per heavy atom. The zero-order valence-corrected chi connectivity index (χ0v) is 24.6. The van der Waals surface area contributed by atoms with Crippen molar-refractivity contribution in [2.45, 2.75) is 43.3 Å². The van der Waals surface area contributed by atoms with Gasteiger partial charge >= 0.3 is 0 Å². The normalized spacial score (nSPS) is 24.2. The number of sulfonamides is 1. The number of hydrogen-bond acceptors (Lipinski definition) is 8. The highest BCUT2D eigenvalue weighted by Crippen LogP contribution is 2.47. The van der Waals surface area contributed by atoms with Crippen molar-refractivity contribution in [2.24, 2.45) is 5.92 Å². The molecule has 2 bridgehead atoms. The molecule has 3 fully saturated rings. The summed E-state index contributed by atoms with van der Waals surface area (Å²) in [4.78, 5) is 38.8. The molecule has 0 aliphatic carbocycles. The maximum Gasteiger partial charge on any atom is 0.216 e. The predicted octanol–water partition coefficient (Wildman–Crippen LogP) is 3.29. The first-order chi connectivity index (χ1) is 20.7. The Kier molecular flexibility index (Phi) is 7.58. The summed E-state index contributed by atoms with van der Waals surface area (Å²) in [5.74, 6) is 0.350. The van der Waals surface area contributed by atoms with E-state index < -0.39 is 15.6 Å². The Morgan fingerprint density at radius 1 is 0.977 bits per heavy atom. The summed E-state index contributed by atoms with van der Waals surface area (Å²) in [7, 11) is -3.30. The summed E-state index contributed by atoms with van der Waals surface area (Å²) >= 11 is 0. The van der Waals surface area contributed by atoms with Crippen LogP contribution in [0.3, 0.4) is 0 Å². The molecule has 0 N–H and O–H groups in total. The Hall–Kier alpha value is -4.40. The average molecular weight is 597 g/mol. The third kappa shape index (κ3) is 5.21.